The topological polar surface area (TPSA) is 98.0 Å². The third kappa shape index (κ3) is 2.68. The van der Waals surface area contributed by atoms with E-state index >= 15 is 0 Å². The van der Waals surface area contributed by atoms with Gasteiger partial charge in [-0.15, -0.1) is 0 Å². The molecule has 7 heteroatoms. The van der Waals surface area contributed by atoms with Crippen molar-refractivity contribution in [3.8, 4) is 0 Å². The first-order chi connectivity index (χ1) is 6.54. The third-order valence-electron chi connectivity index (χ3n) is 1.62. The van der Waals surface area contributed by atoms with Crippen LogP contribution in [0, 0.1) is 0 Å². The lowest BCUT2D eigenvalue weighted by molar-refractivity contribution is 0.265. The molecule has 5 N–H and O–H groups in total. The largest absolute Gasteiger partial charge is 0.395 e. The number of anilines is 1. The van der Waals surface area contributed by atoms with Gasteiger partial charge in [0, 0.05) is 11.6 Å². The maximum Gasteiger partial charge on any atom is 0.222 e. The average Bonchev–Trinajstić information content (AvgIpc) is 2.10. The fourth-order valence-corrected chi connectivity index (χ4v) is 1.50. The van der Waals surface area contributed by atoms with Crippen LogP contribution in [-0.4, -0.2) is 27.7 Å². The fourth-order valence-electron chi connectivity index (χ4n) is 0.941. The minimum atomic E-state index is -0.433. The Morgan fingerprint density at radius 1 is 1.29 bits per heavy atom. The number of aliphatic hydroxyl groups is 1. The second-order valence-electron chi connectivity index (χ2n) is 2.79. The molecule has 0 aromatic carbocycles. The van der Waals surface area contributed by atoms with Gasteiger partial charge in [-0.2, -0.15) is 0 Å². The smallest absolute Gasteiger partial charge is 0.222 e. The van der Waals surface area contributed by atoms with Crippen molar-refractivity contribution < 1.29 is 5.11 Å². The van der Waals surface area contributed by atoms with Crippen molar-refractivity contribution in [3.63, 3.8) is 0 Å². The molecular weight excluding hydrogens is 227 g/mol. The molecule has 0 aliphatic rings. The molecule has 0 aliphatic heterocycles. The summed E-state index contributed by atoms with van der Waals surface area (Å²) in [7, 11) is 0. The highest BCUT2D eigenvalue weighted by molar-refractivity contribution is 6.34. The molecule has 14 heavy (non-hydrogen) atoms. The van der Waals surface area contributed by atoms with Crippen LogP contribution in [-0.2, 0) is 6.42 Å². The van der Waals surface area contributed by atoms with Gasteiger partial charge in [-0.1, -0.05) is 23.2 Å². The summed E-state index contributed by atoms with van der Waals surface area (Å²) in [5.74, 6) is 0.0151. The number of halogens is 2. The first kappa shape index (κ1) is 11.5. The molecule has 0 amide bonds. The third-order valence-corrected chi connectivity index (χ3v) is 2.25. The molecule has 0 radical (unpaired) electrons. The second-order valence-corrected chi connectivity index (χ2v) is 3.50. The van der Waals surface area contributed by atoms with Gasteiger partial charge in [0.25, 0.3) is 0 Å². The number of aromatic nitrogens is 2. The van der Waals surface area contributed by atoms with Crippen molar-refractivity contribution in [2.45, 2.75) is 12.5 Å². The lowest BCUT2D eigenvalue weighted by Gasteiger charge is -2.10. The highest BCUT2D eigenvalue weighted by Gasteiger charge is 2.13. The second kappa shape index (κ2) is 4.75. The van der Waals surface area contributed by atoms with Gasteiger partial charge in [0.1, 0.15) is 10.3 Å². The molecule has 0 saturated heterocycles. The molecule has 78 valence electrons. The van der Waals surface area contributed by atoms with Gasteiger partial charge in [-0.05, 0) is 6.42 Å². The van der Waals surface area contributed by atoms with E-state index in [9.17, 15) is 0 Å². The Morgan fingerprint density at radius 3 is 2.21 bits per heavy atom. The molecular formula is C7H10Cl2N4O. The normalized spacial score (nSPS) is 12.9. The molecule has 1 aromatic heterocycles. The van der Waals surface area contributed by atoms with E-state index in [0.29, 0.717) is 12.0 Å². The summed E-state index contributed by atoms with van der Waals surface area (Å²) in [6.07, 6.45) is 0.314. The summed E-state index contributed by atoms with van der Waals surface area (Å²) in [4.78, 5) is 7.46. The Kier molecular flexibility index (Phi) is 3.88. The molecule has 1 unspecified atom stereocenters. The summed E-state index contributed by atoms with van der Waals surface area (Å²) >= 11 is 11.6. The Hall–Kier alpha value is -0.620. The van der Waals surface area contributed by atoms with Gasteiger partial charge >= 0.3 is 0 Å². The number of aliphatic hydroxyl groups excluding tert-OH is 1. The van der Waals surface area contributed by atoms with E-state index in [2.05, 4.69) is 9.97 Å². The van der Waals surface area contributed by atoms with Crippen LogP contribution >= 0.6 is 23.2 Å². The number of hydrogen-bond acceptors (Lipinski definition) is 5. The lowest BCUT2D eigenvalue weighted by Crippen LogP contribution is -2.27. The van der Waals surface area contributed by atoms with E-state index < -0.39 is 6.04 Å². The zero-order chi connectivity index (χ0) is 10.7. The van der Waals surface area contributed by atoms with Crippen LogP contribution in [0.4, 0.5) is 5.95 Å². The predicted octanol–water partition coefficient (Wildman–Crippen LogP) is 0.228. The van der Waals surface area contributed by atoms with Crippen molar-refractivity contribution in [2.75, 3.05) is 12.3 Å². The summed E-state index contributed by atoms with van der Waals surface area (Å²) in [5.41, 5.74) is 11.4. The monoisotopic (exact) mass is 236 g/mol. The molecule has 0 aliphatic carbocycles. The standard InChI is InChI=1S/C7H10Cl2N4O/c8-5-4(1-3(10)2-14)6(9)13-7(11)12-5/h3,14H,1-2,10H2,(H2,11,12,13). The molecule has 1 heterocycles. The number of nitrogens with two attached hydrogens (primary N) is 2. The first-order valence-electron chi connectivity index (χ1n) is 3.88. The number of rotatable bonds is 3. The minimum Gasteiger partial charge on any atom is -0.395 e. The zero-order valence-corrected chi connectivity index (χ0v) is 8.76. The zero-order valence-electron chi connectivity index (χ0n) is 7.24. The predicted molar refractivity (Wildman–Crippen MR) is 55.2 cm³/mol. The molecule has 0 spiro atoms. The summed E-state index contributed by atoms with van der Waals surface area (Å²) in [6.45, 7) is -0.156. The SMILES string of the molecule is Nc1nc(Cl)c(CC(N)CO)c(Cl)n1. The van der Waals surface area contributed by atoms with Gasteiger partial charge < -0.3 is 16.6 Å². The van der Waals surface area contributed by atoms with Crippen molar-refractivity contribution in [1.29, 1.82) is 0 Å². The van der Waals surface area contributed by atoms with Gasteiger partial charge in [0.15, 0.2) is 0 Å². The number of hydrogen-bond donors (Lipinski definition) is 3. The van der Waals surface area contributed by atoms with Crippen molar-refractivity contribution in [2.24, 2.45) is 5.73 Å². The maximum absolute atomic E-state index is 8.76. The van der Waals surface area contributed by atoms with Crippen LogP contribution in [0.25, 0.3) is 0 Å². The van der Waals surface area contributed by atoms with Gasteiger partial charge in [-0.3, -0.25) is 0 Å². The van der Waals surface area contributed by atoms with Crippen LogP contribution in [0.15, 0.2) is 0 Å². The van der Waals surface area contributed by atoms with E-state index in [-0.39, 0.29) is 22.9 Å². The van der Waals surface area contributed by atoms with Crippen LogP contribution < -0.4 is 11.5 Å². The van der Waals surface area contributed by atoms with Crippen molar-refractivity contribution in [1.82, 2.24) is 9.97 Å². The van der Waals surface area contributed by atoms with Crippen LogP contribution in [0.5, 0.6) is 0 Å². The van der Waals surface area contributed by atoms with Crippen molar-refractivity contribution >= 4 is 29.2 Å². The highest BCUT2D eigenvalue weighted by atomic mass is 35.5. The van der Waals surface area contributed by atoms with Crippen LogP contribution in [0.1, 0.15) is 5.56 Å². The molecule has 5 nitrogen and oxygen atoms in total. The quantitative estimate of drug-likeness (QED) is 0.653. The van der Waals surface area contributed by atoms with E-state index in [1.54, 1.807) is 0 Å². The van der Waals surface area contributed by atoms with Gasteiger partial charge in [0.2, 0.25) is 5.95 Å². The summed E-state index contributed by atoms with van der Waals surface area (Å²) in [6, 6.07) is -0.433. The van der Waals surface area contributed by atoms with Crippen molar-refractivity contribution in [3.05, 3.63) is 15.9 Å². The molecule has 0 saturated carbocycles. The van der Waals surface area contributed by atoms with E-state index in [0.717, 1.165) is 0 Å². The maximum atomic E-state index is 8.76. The van der Waals surface area contributed by atoms with E-state index in [4.69, 9.17) is 39.8 Å². The molecule has 0 fully saturated rings. The van der Waals surface area contributed by atoms with Gasteiger partial charge in [-0.25, -0.2) is 9.97 Å². The fraction of sp³-hybridized carbons (Fsp3) is 0.429. The van der Waals surface area contributed by atoms with Crippen LogP contribution in [0.3, 0.4) is 0 Å². The lowest BCUT2D eigenvalue weighted by atomic mass is 10.1. The first-order valence-corrected chi connectivity index (χ1v) is 4.64. The van der Waals surface area contributed by atoms with Gasteiger partial charge in [0.05, 0.1) is 6.61 Å². The molecule has 1 rings (SSSR count). The average molecular weight is 237 g/mol. The van der Waals surface area contributed by atoms with E-state index in [1.165, 1.54) is 0 Å². The summed E-state index contributed by atoms with van der Waals surface area (Å²) in [5, 5.41) is 9.10. The molecule has 1 aromatic rings. The number of nitrogen functional groups attached to an aromatic ring is 1. The Morgan fingerprint density at radius 2 is 1.79 bits per heavy atom. The minimum absolute atomic E-state index is 0.0151. The van der Waals surface area contributed by atoms with Crippen LogP contribution in [0.2, 0.25) is 10.3 Å². The summed E-state index contributed by atoms with van der Waals surface area (Å²) < 4.78 is 0. The Balaban J connectivity index is 2.96. The van der Waals surface area contributed by atoms with E-state index in [1.807, 2.05) is 0 Å². The molecule has 0 bridgehead atoms. The Bertz CT molecular complexity index is 310. The Labute approximate surface area is 91.0 Å². The highest BCUT2D eigenvalue weighted by Crippen LogP contribution is 2.22. The number of nitrogens with zero attached hydrogens (tertiary/aromatic N) is 2. The molecule has 1 atom stereocenters.